The van der Waals surface area contributed by atoms with E-state index in [1.165, 1.54) is 0 Å². The Morgan fingerprint density at radius 1 is 1.30 bits per heavy atom. The Bertz CT molecular complexity index is 642. The quantitative estimate of drug-likeness (QED) is 0.368. The second kappa shape index (κ2) is 8.17. The zero-order valence-electron chi connectivity index (χ0n) is 12.9. The van der Waals surface area contributed by atoms with E-state index in [2.05, 4.69) is 26.9 Å². The highest BCUT2D eigenvalue weighted by atomic mass is 19.4. The van der Waals surface area contributed by atoms with Gasteiger partial charge >= 0.3 is 12.1 Å². The summed E-state index contributed by atoms with van der Waals surface area (Å²) >= 11 is 0. The van der Waals surface area contributed by atoms with E-state index in [1.807, 2.05) is 13.8 Å². The Morgan fingerprint density at radius 3 is 2.48 bits per heavy atom. The van der Waals surface area contributed by atoms with Crippen molar-refractivity contribution in [3.63, 3.8) is 0 Å². The third-order valence-electron chi connectivity index (χ3n) is 2.82. The zero-order valence-corrected chi connectivity index (χ0v) is 12.9. The molecule has 5 nitrogen and oxygen atoms in total. The van der Waals surface area contributed by atoms with Crippen LogP contribution in [0.5, 0.6) is 0 Å². The fourth-order valence-corrected chi connectivity index (χ4v) is 1.53. The fraction of sp³-hybridized carbons (Fsp3) is 0.400. The van der Waals surface area contributed by atoms with E-state index < -0.39 is 17.7 Å². The number of carbonyl (C=O) groups is 1. The van der Waals surface area contributed by atoms with E-state index in [-0.39, 0.29) is 11.3 Å². The molecule has 0 saturated carbocycles. The molecule has 0 aliphatic carbocycles. The number of rotatable bonds is 4. The SMILES string of the molecule is CCN(CC)N=Nc1ccc(C(F)(F)F)cc1C#CC(=O)OC. The molecule has 0 aliphatic heterocycles. The van der Waals surface area contributed by atoms with Crippen molar-refractivity contribution in [3.8, 4) is 11.8 Å². The van der Waals surface area contributed by atoms with Crippen LogP contribution in [0.15, 0.2) is 28.5 Å². The van der Waals surface area contributed by atoms with Gasteiger partial charge in [-0.3, -0.25) is 5.01 Å². The lowest BCUT2D eigenvalue weighted by atomic mass is 10.1. The topological polar surface area (TPSA) is 54.3 Å². The predicted molar refractivity (Wildman–Crippen MR) is 77.8 cm³/mol. The molecule has 0 radical (unpaired) electrons. The Balaban J connectivity index is 3.27. The van der Waals surface area contributed by atoms with E-state index in [0.717, 1.165) is 25.3 Å². The average molecular weight is 327 g/mol. The van der Waals surface area contributed by atoms with Gasteiger partial charge in [0.25, 0.3) is 0 Å². The fourth-order valence-electron chi connectivity index (χ4n) is 1.53. The molecule has 0 heterocycles. The standard InChI is InChI=1S/C15H16F3N3O2/c1-4-21(5-2)20-19-13-8-7-12(15(16,17)18)10-11(13)6-9-14(22)23-3/h7-8,10H,4-5H2,1-3H3. The van der Waals surface area contributed by atoms with Gasteiger partial charge in [-0.1, -0.05) is 11.1 Å². The van der Waals surface area contributed by atoms with Crippen molar-refractivity contribution in [3.05, 3.63) is 29.3 Å². The Kier molecular flexibility index (Phi) is 6.57. The highest BCUT2D eigenvalue weighted by molar-refractivity contribution is 5.89. The van der Waals surface area contributed by atoms with Crippen molar-refractivity contribution in [2.75, 3.05) is 20.2 Å². The third kappa shape index (κ3) is 5.62. The van der Waals surface area contributed by atoms with Crippen molar-refractivity contribution in [2.24, 2.45) is 10.3 Å². The highest BCUT2D eigenvalue weighted by Crippen LogP contribution is 2.32. The Hall–Kier alpha value is -2.56. The summed E-state index contributed by atoms with van der Waals surface area (Å²) in [7, 11) is 1.13. The summed E-state index contributed by atoms with van der Waals surface area (Å²) in [5.41, 5.74) is -0.795. The molecule has 0 aromatic heterocycles. The molecular weight excluding hydrogens is 311 g/mol. The lowest BCUT2D eigenvalue weighted by Gasteiger charge is -2.12. The largest absolute Gasteiger partial charge is 0.459 e. The van der Waals surface area contributed by atoms with Crippen LogP contribution in [0.3, 0.4) is 0 Å². The highest BCUT2D eigenvalue weighted by Gasteiger charge is 2.30. The normalized spacial score (nSPS) is 11.0. The summed E-state index contributed by atoms with van der Waals surface area (Å²) in [5, 5.41) is 9.45. The summed E-state index contributed by atoms with van der Waals surface area (Å²) in [4.78, 5) is 11.1. The van der Waals surface area contributed by atoms with Crippen LogP contribution in [0.1, 0.15) is 25.0 Å². The lowest BCUT2D eigenvalue weighted by Crippen LogP contribution is -2.14. The van der Waals surface area contributed by atoms with Crippen molar-refractivity contribution < 1.29 is 22.7 Å². The van der Waals surface area contributed by atoms with Gasteiger partial charge in [-0.25, -0.2) is 4.79 Å². The Labute approximate surface area is 132 Å². The van der Waals surface area contributed by atoms with Crippen LogP contribution in [0.25, 0.3) is 0 Å². The smallest absolute Gasteiger partial charge is 0.416 e. The molecule has 0 bridgehead atoms. The van der Waals surface area contributed by atoms with Gasteiger partial charge in [0.1, 0.15) is 5.69 Å². The molecule has 0 N–H and O–H groups in total. The number of ether oxygens (including phenoxy) is 1. The monoisotopic (exact) mass is 327 g/mol. The van der Waals surface area contributed by atoms with E-state index in [1.54, 1.807) is 5.01 Å². The molecule has 1 rings (SSSR count). The number of benzene rings is 1. The predicted octanol–water partition coefficient (Wildman–Crippen LogP) is 3.57. The summed E-state index contributed by atoms with van der Waals surface area (Å²) in [6.07, 6.45) is -4.52. The molecule has 124 valence electrons. The number of hydrogen-bond acceptors (Lipinski definition) is 4. The van der Waals surface area contributed by atoms with Crippen LogP contribution in [0.4, 0.5) is 18.9 Å². The van der Waals surface area contributed by atoms with E-state index in [4.69, 9.17) is 0 Å². The molecule has 23 heavy (non-hydrogen) atoms. The number of hydrogen-bond donors (Lipinski definition) is 0. The summed E-state index contributed by atoms with van der Waals surface area (Å²) < 4.78 is 42.7. The lowest BCUT2D eigenvalue weighted by molar-refractivity contribution is -0.137. The van der Waals surface area contributed by atoms with Crippen LogP contribution in [0, 0.1) is 11.8 Å². The van der Waals surface area contributed by atoms with Crippen LogP contribution in [0.2, 0.25) is 0 Å². The van der Waals surface area contributed by atoms with Crippen LogP contribution >= 0.6 is 0 Å². The minimum Gasteiger partial charge on any atom is -0.459 e. The number of methoxy groups -OCH3 is 1. The van der Waals surface area contributed by atoms with E-state index in [9.17, 15) is 18.0 Å². The van der Waals surface area contributed by atoms with Crippen molar-refractivity contribution in [2.45, 2.75) is 20.0 Å². The molecule has 0 saturated heterocycles. The van der Waals surface area contributed by atoms with Crippen LogP contribution in [-0.4, -0.2) is 31.2 Å². The maximum Gasteiger partial charge on any atom is 0.416 e. The maximum atomic E-state index is 12.8. The number of esters is 1. The summed E-state index contributed by atoms with van der Waals surface area (Å²) in [6.45, 7) is 4.94. The third-order valence-corrected chi connectivity index (χ3v) is 2.82. The molecule has 1 aromatic carbocycles. The van der Waals surface area contributed by atoms with Gasteiger partial charge in [0.15, 0.2) is 0 Å². The van der Waals surface area contributed by atoms with Crippen molar-refractivity contribution in [1.29, 1.82) is 0 Å². The summed E-state index contributed by atoms with van der Waals surface area (Å²) in [6, 6.07) is 2.88. The minimum atomic E-state index is -4.52. The molecular formula is C15H16F3N3O2. The van der Waals surface area contributed by atoms with Crippen molar-refractivity contribution in [1.82, 2.24) is 5.01 Å². The van der Waals surface area contributed by atoms with Gasteiger partial charge < -0.3 is 4.74 Å². The number of nitrogens with zero attached hydrogens (tertiary/aromatic N) is 3. The van der Waals surface area contributed by atoms with Gasteiger partial charge in [0.2, 0.25) is 0 Å². The first kappa shape index (κ1) is 18.5. The maximum absolute atomic E-state index is 12.8. The van der Waals surface area contributed by atoms with Gasteiger partial charge in [0.05, 0.1) is 18.2 Å². The van der Waals surface area contributed by atoms with Gasteiger partial charge in [0, 0.05) is 19.0 Å². The molecule has 0 aliphatic rings. The van der Waals surface area contributed by atoms with E-state index in [0.29, 0.717) is 13.1 Å². The average Bonchev–Trinajstić information content (AvgIpc) is 2.53. The second-order valence-corrected chi connectivity index (χ2v) is 4.30. The molecule has 0 atom stereocenters. The summed E-state index contributed by atoms with van der Waals surface area (Å²) in [5.74, 6) is 3.58. The minimum absolute atomic E-state index is 0.0545. The molecule has 0 fully saturated rings. The molecule has 0 amide bonds. The molecule has 0 unspecified atom stereocenters. The first-order chi connectivity index (χ1) is 10.8. The number of halogens is 3. The second-order valence-electron chi connectivity index (χ2n) is 4.30. The zero-order chi connectivity index (χ0) is 17.5. The first-order valence-corrected chi connectivity index (χ1v) is 6.79. The van der Waals surface area contributed by atoms with Gasteiger partial charge in [-0.2, -0.15) is 13.2 Å². The number of alkyl halides is 3. The first-order valence-electron chi connectivity index (χ1n) is 6.79. The van der Waals surface area contributed by atoms with Crippen LogP contribution in [-0.2, 0) is 15.7 Å². The molecule has 8 heteroatoms. The number of carbonyl (C=O) groups excluding carboxylic acids is 1. The molecule has 0 spiro atoms. The van der Waals surface area contributed by atoms with E-state index >= 15 is 0 Å². The van der Waals surface area contributed by atoms with Crippen LogP contribution < -0.4 is 0 Å². The molecule has 1 aromatic rings. The van der Waals surface area contributed by atoms with Gasteiger partial charge in [-0.15, -0.1) is 5.11 Å². The Morgan fingerprint density at radius 2 is 1.96 bits per heavy atom. The van der Waals surface area contributed by atoms with Crippen molar-refractivity contribution >= 4 is 11.7 Å². The van der Waals surface area contributed by atoms with Gasteiger partial charge in [-0.05, 0) is 32.0 Å².